The molecule has 2 heterocycles. The van der Waals surface area contributed by atoms with E-state index in [2.05, 4.69) is 22.6 Å². The summed E-state index contributed by atoms with van der Waals surface area (Å²) < 4.78 is 5.50. The summed E-state index contributed by atoms with van der Waals surface area (Å²) in [6, 6.07) is 26.0. The van der Waals surface area contributed by atoms with E-state index in [1.54, 1.807) is 4.90 Å². The first-order valence-electron chi connectivity index (χ1n) is 11.7. The van der Waals surface area contributed by atoms with Gasteiger partial charge in [0.05, 0.1) is 12.5 Å². The summed E-state index contributed by atoms with van der Waals surface area (Å²) in [6.07, 6.45) is 0.205. The van der Waals surface area contributed by atoms with Gasteiger partial charge in [0.1, 0.15) is 5.69 Å². The fourth-order valence-corrected chi connectivity index (χ4v) is 4.34. The van der Waals surface area contributed by atoms with Crippen LogP contribution in [0.3, 0.4) is 0 Å². The lowest BCUT2D eigenvalue weighted by Crippen LogP contribution is -2.32. The van der Waals surface area contributed by atoms with E-state index in [-0.39, 0.29) is 30.7 Å². The molecule has 2 amide bonds. The number of rotatable bonds is 6. The zero-order valence-corrected chi connectivity index (χ0v) is 19.8. The van der Waals surface area contributed by atoms with Gasteiger partial charge in [-0.15, -0.1) is 0 Å². The van der Waals surface area contributed by atoms with Gasteiger partial charge in [0, 0.05) is 30.3 Å². The van der Waals surface area contributed by atoms with Gasteiger partial charge in [0.2, 0.25) is 11.8 Å². The van der Waals surface area contributed by atoms with Crippen LogP contribution in [-0.4, -0.2) is 23.5 Å². The number of hydrogen-bond acceptors (Lipinski definition) is 4. The molecule has 3 aromatic carbocycles. The Labute approximate surface area is 204 Å². The molecule has 1 aromatic heterocycles. The molecule has 1 saturated heterocycles. The summed E-state index contributed by atoms with van der Waals surface area (Å²) in [5, 5.41) is 7.01. The molecule has 1 fully saturated rings. The van der Waals surface area contributed by atoms with Crippen molar-refractivity contribution in [3.63, 3.8) is 0 Å². The Bertz CT molecular complexity index is 1360. The van der Waals surface area contributed by atoms with Crippen molar-refractivity contribution in [2.45, 2.75) is 26.8 Å². The van der Waals surface area contributed by atoms with E-state index < -0.39 is 0 Å². The largest absolute Gasteiger partial charge is 0.356 e. The number of carbonyl (C=O) groups excluding carboxylic acids is 2. The first-order chi connectivity index (χ1) is 17.0. The van der Waals surface area contributed by atoms with Gasteiger partial charge in [0.25, 0.3) is 0 Å². The van der Waals surface area contributed by atoms with Crippen molar-refractivity contribution in [1.29, 1.82) is 0 Å². The molecule has 5 rings (SSSR count). The van der Waals surface area contributed by atoms with Crippen LogP contribution < -0.4 is 10.2 Å². The minimum atomic E-state index is -0.388. The Hall–Kier alpha value is -4.19. The van der Waals surface area contributed by atoms with Crippen LogP contribution in [0.5, 0.6) is 0 Å². The summed E-state index contributed by atoms with van der Waals surface area (Å²) in [4.78, 5) is 27.0. The molecule has 176 valence electrons. The van der Waals surface area contributed by atoms with Crippen LogP contribution in [0.25, 0.3) is 22.5 Å². The molecule has 6 nitrogen and oxygen atoms in total. The highest BCUT2D eigenvalue weighted by Gasteiger charge is 2.35. The molecular weight excluding hydrogens is 438 g/mol. The summed E-state index contributed by atoms with van der Waals surface area (Å²) in [5.74, 6) is 0.0735. The number of hydrogen-bond donors (Lipinski definition) is 1. The first-order valence-corrected chi connectivity index (χ1v) is 11.7. The number of amides is 2. The van der Waals surface area contributed by atoms with Gasteiger partial charge in [-0.2, -0.15) is 0 Å². The average molecular weight is 466 g/mol. The Kier molecular flexibility index (Phi) is 6.19. The van der Waals surface area contributed by atoms with Crippen molar-refractivity contribution >= 4 is 17.5 Å². The molecular formula is C29H27N3O3. The summed E-state index contributed by atoms with van der Waals surface area (Å²) >= 11 is 0. The Morgan fingerprint density at radius 1 is 0.943 bits per heavy atom. The third-order valence-electron chi connectivity index (χ3n) is 6.58. The topological polar surface area (TPSA) is 75.4 Å². The Morgan fingerprint density at radius 2 is 1.66 bits per heavy atom. The smallest absolute Gasteiger partial charge is 0.227 e. The molecule has 1 aliphatic heterocycles. The van der Waals surface area contributed by atoms with Gasteiger partial charge in [-0.05, 0) is 48.2 Å². The van der Waals surface area contributed by atoms with Crippen LogP contribution in [0.2, 0.25) is 0 Å². The van der Waals surface area contributed by atoms with E-state index in [1.807, 2.05) is 80.6 Å². The summed E-state index contributed by atoms with van der Waals surface area (Å²) in [5.41, 5.74) is 6.97. The molecule has 1 unspecified atom stereocenters. The highest BCUT2D eigenvalue weighted by atomic mass is 16.5. The van der Waals surface area contributed by atoms with Crippen LogP contribution in [0.4, 0.5) is 5.69 Å². The third kappa shape index (κ3) is 4.87. The molecule has 0 bridgehead atoms. The predicted octanol–water partition coefficient (Wildman–Crippen LogP) is 5.29. The standard InChI is InChI=1S/C29H27N3O3/c1-19-8-13-26(14-20(19)2)32-18-24(15-28(32)33)29(34)30-17-25-16-27(35-31-25)23-11-9-22(10-12-23)21-6-4-3-5-7-21/h3-14,16,24H,15,17-18H2,1-2H3,(H,30,34). The minimum absolute atomic E-state index is 0.0314. The van der Waals surface area contributed by atoms with Crippen molar-refractivity contribution in [1.82, 2.24) is 10.5 Å². The zero-order valence-electron chi connectivity index (χ0n) is 19.8. The maximum absolute atomic E-state index is 12.8. The Morgan fingerprint density at radius 3 is 2.40 bits per heavy atom. The fourth-order valence-electron chi connectivity index (χ4n) is 4.34. The Balaban J connectivity index is 1.19. The van der Waals surface area contributed by atoms with Crippen molar-refractivity contribution in [3.05, 3.63) is 95.7 Å². The normalized spacial score (nSPS) is 15.4. The molecule has 1 atom stereocenters. The van der Waals surface area contributed by atoms with Crippen molar-refractivity contribution in [3.8, 4) is 22.5 Å². The van der Waals surface area contributed by atoms with Crippen LogP contribution in [0.15, 0.2) is 83.4 Å². The third-order valence-corrected chi connectivity index (χ3v) is 6.58. The van der Waals surface area contributed by atoms with Gasteiger partial charge in [-0.3, -0.25) is 9.59 Å². The van der Waals surface area contributed by atoms with Crippen molar-refractivity contribution < 1.29 is 14.1 Å². The van der Waals surface area contributed by atoms with Crippen molar-refractivity contribution in [2.24, 2.45) is 5.92 Å². The van der Waals surface area contributed by atoms with E-state index >= 15 is 0 Å². The first kappa shape index (κ1) is 22.6. The molecule has 35 heavy (non-hydrogen) atoms. The van der Waals surface area contributed by atoms with E-state index in [4.69, 9.17) is 4.52 Å². The lowest BCUT2D eigenvalue weighted by molar-refractivity contribution is -0.126. The van der Waals surface area contributed by atoms with Crippen molar-refractivity contribution in [2.75, 3.05) is 11.4 Å². The highest BCUT2D eigenvalue weighted by molar-refractivity contribution is 6.00. The molecule has 1 aliphatic rings. The monoisotopic (exact) mass is 465 g/mol. The summed E-state index contributed by atoms with van der Waals surface area (Å²) in [6.45, 7) is 4.69. The van der Waals surface area contributed by atoms with Gasteiger partial charge in [-0.25, -0.2) is 0 Å². The maximum atomic E-state index is 12.8. The molecule has 0 saturated carbocycles. The number of benzene rings is 3. The molecule has 0 radical (unpaired) electrons. The second-order valence-corrected chi connectivity index (χ2v) is 9.02. The quantitative estimate of drug-likeness (QED) is 0.420. The van der Waals surface area contributed by atoms with E-state index in [1.165, 1.54) is 5.56 Å². The van der Waals surface area contributed by atoms with E-state index in [0.29, 0.717) is 18.0 Å². The van der Waals surface area contributed by atoms with E-state index in [0.717, 1.165) is 27.9 Å². The van der Waals surface area contributed by atoms with Gasteiger partial charge in [-0.1, -0.05) is 65.8 Å². The predicted molar refractivity (Wildman–Crippen MR) is 136 cm³/mol. The SMILES string of the molecule is Cc1ccc(N2CC(C(=O)NCc3cc(-c4ccc(-c5ccccc5)cc4)on3)CC2=O)cc1C. The number of carbonyl (C=O) groups is 2. The number of aryl methyl sites for hydroxylation is 2. The average Bonchev–Trinajstić information content (AvgIpc) is 3.52. The van der Waals surface area contributed by atoms with Crippen LogP contribution >= 0.6 is 0 Å². The van der Waals surface area contributed by atoms with Gasteiger partial charge >= 0.3 is 0 Å². The zero-order chi connectivity index (χ0) is 24.4. The van der Waals surface area contributed by atoms with Crippen LogP contribution in [0.1, 0.15) is 23.2 Å². The number of aromatic nitrogens is 1. The number of nitrogens with zero attached hydrogens (tertiary/aromatic N) is 2. The van der Waals surface area contributed by atoms with Gasteiger partial charge < -0.3 is 14.7 Å². The lowest BCUT2D eigenvalue weighted by Gasteiger charge is -2.18. The second-order valence-electron chi connectivity index (χ2n) is 9.02. The summed E-state index contributed by atoms with van der Waals surface area (Å²) in [7, 11) is 0. The fraction of sp³-hybridized carbons (Fsp3) is 0.207. The number of anilines is 1. The van der Waals surface area contributed by atoms with E-state index in [9.17, 15) is 9.59 Å². The van der Waals surface area contributed by atoms with Gasteiger partial charge in [0.15, 0.2) is 5.76 Å². The van der Waals surface area contributed by atoms with Crippen LogP contribution in [0, 0.1) is 19.8 Å². The van der Waals surface area contributed by atoms with Crippen LogP contribution in [-0.2, 0) is 16.1 Å². The number of nitrogens with one attached hydrogen (secondary N) is 1. The molecule has 1 N–H and O–H groups in total. The second kappa shape index (κ2) is 9.58. The minimum Gasteiger partial charge on any atom is -0.356 e. The molecule has 0 spiro atoms. The lowest BCUT2D eigenvalue weighted by atomic mass is 10.0. The highest BCUT2D eigenvalue weighted by Crippen LogP contribution is 2.28. The molecule has 0 aliphatic carbocycles. The maximum Gasteiger partial charge on any atom is 0.227 e. The molecule has 6 heteroatoms. The molecule has 4 aromatic rings.